The Hall–Kier alpha value is -4.66. The monoisotopic (exact) mass is 464 g/mol. The molecule has 0 saturated heterocycles. The van der Waals surface area contributed by atoms with Gasteiger partial charge in [0.05, 0.1) is 29.1 Å². The number of fused-ring (bicyclic) bond motifs is 2. The van der Waals surface area contributed by atoms with Gasteiger partial charge >= 0.3 is 0 Å². The summed E-state index contributed by atoms with van der Waals surface area (Å²) in [6, 6.07) is 7.91. The molecule has 0 spiro atoms. The van der Waals surface area contributed by atoms with Gasteiger partial charge in [-0.3, -0.25) is 24.9 Å². The number of hydrogen-bond acceptors (Lipinski definition) is 6. The summed E-state index contributed by atoms with van der Waals surface area (Å²) in [5.74, 6) is 0.451. The molecule has 9 heteroatoms. The predicted octanol–water partition coefficient (Wildman–Crippen LogP) is 4.87. The largest absolute Gasteiger partial charge is 0.335 e. The lowest BCUT2D eigenvalue weighted by atomic mass is 10.0. The molecule has 0 saturated carbocycles. The van der Waals surface area contributed by atoms with Gasteiger partial charge in [0, 0.05) is 48.1 Å². The zero-order valence-electron chi connectivity index (χ0n) is 19.6. The highest BCUT2D eigenvalue weighted by Crippen LogP contribution is 2.32. The quantitative estimate of drug-likeness (QED) is 0.309. The molecule has 0 aliphatic heterocycles. The van der Waals surface area contributed by atoms with Crippen molar-refractivity contribution in [1.29, 1.82) is 0 Å². The number of allylic oxidation sites excluding steroid dienone is 1. The first-order valence-electron chi connectivity index (χ1n) is 11.1. The van der Waals surface area contributed by atoms with E-state index in [1.54, 1.807) is 38.0 Å². The van der Waals surface area contributed by atoms with Gasteiger partial charge in [-0.2, -0.15) is 5.10 Å². The number of pyridine rings is 2. The highest BCUT2D eigenvalue weighted by molar-refractivity contribution is 6.13. The zero-order valence-corrected chi connectivity index (χ0v) is 19.6. The van der Waals surface area contributed by atoms with Gasteiger partial charge in [-0.05, 0) is 29.3 Å². The summed E-state index contributed by atoms with van der Waals surface area (Å²) < 4.78 is 0. The summed E-state index contributed by atoms with van der Waals surface area (Å²) in [7, 11) is 1.70. The molecule has 0 atom stereocenters. The first kappa shape index (κ1) is 22.1. The number of aliphatic imine (C=N–C) groups is 1. The minimum absolute atomic E-state index is 0.0526. The van der Waals surface area contributed by atoms with Gasteiger partial charge in [0.2, 0.25) is 5.91 Å². The number of anilines is 1. The number of carbonyl (C=O) groups is 1. The van der Waals surface area contributed by atoms with Gasteiger partial charge < -0.3 is 10.3 Å². The summed E-state index contributed by atoms with van der Waals surface area (Å²) in [5, 5.41) is 11.4. The third kappa shape index (κ3) is 4.19. The minimum atomic E-state index is -0.116. The summed E-state index contributed by atoms with van der Waals surface area (Å²) in [4.78, 5) is 32.9. The van der Waals surface area contributed by atoms with Gasteiger partial charge in [0.1, 0.15) is 11.2 Å². The summed E-state index contributed by atoms with van der Waals surface area (Å²) in [5.41, 5.74) is 7.13. The van der Waals surface area contributed by atoms with E-state index in [1.165, 1.54) is 0 Å². The van der Waals surface area contributed by atoms with Crippen molar-refractivity contribution in [1.82, 2.24) is 30.1 Å². The van der Waals surface area contributed by atoms with Crippen LogP contribution in [0.5, 0.6) is 0 Å². The lowest BCUT2D eigenvalue weighted by Crippen LogP contribution is -2.17. The molecule has 0 aliphatic carbocycles. The Balaban J connectivity index is 1.56. The van der Waals surface area contributed by atoms with Crippen LogP contribution in [0.1, 0.15) is 19.4 Å². The first-order chi connectivity index (χ1) is 16.9. The molecule has 174 valence electrons. The van der Waals surface area contributed by atoms with E-state index < -0.39 is 0 Å². The topological polar surface area (TPSA) is 125 Å². The highest BCUT2D eigenvalue weighted by atomic mass is 16.1. The van der Waals surface area contributed by atoms with Crippen LogP contribution in [-0.2, 0) is 4.79 Å². The van der Waals surface area contributed by atoms with Crippen LogP contribution in [0.3, 0.4) is 0 Å². The highest BCUT2D eigenvalue weighted by Gasteiger charge is 2.16. The Morgan fingerprint density at radius 2 is 1.91 bits per heavy atom. The molecule has 3 N–H and O–H groups in total. The SMILES string of the molecule is C=C(/C=N\C)c1cncc2[nH]c(-c3n[nH]c4ccc(-c5cncc(NC(=O)C(C)C)c5)cc34)nc12. The number of carbonyl (C=O) groups excluding carboxylic acids is 1. The normalized spacial score (nSPS) is 11.7. The van der Waals surface area contributed by atoms with Crippen LogP contribution >= 0.6 is 0 Å². The molecule has 1 aromatic carbocycles. The third-order valence-electron chi connectivity index (χ3n) is 5.68. The van der Waals surface area contributed by atoms with E-state index in [2.05, 4.69) is 42.0 Å². The maximum atomic E-state index is 12.1. The van der Waals surface area contributed by atoms with Gasteiger partial charge in [0.15, 0.2) is 5.82 Å². The predicted molar refractivity (Wildman–Crippen MR) is 139 cm³/mol. The maximum Gasteiger partial charge on any atom is 0.226 e. The van der Waals surface area contributed by atoms with Crippen LogP contribution in [0.15, 0.2) is 60.6 Å². The number of amides is 1. The van der Waals surface area contributed by atoms with Crippen LogP contribution in [0.25, 0.3) is 50.2 Å². The molecule has 1 amide bonds. The first-order valence-corrected chi connectivity index (χ1v) is 11.1. The van der Waals surface area contributed by atoms with Crippen molar-refractivity contribution < 1.29 is 4.79 Å². The number of aromatic amines is 2. The molecule has 0 unspecified atom stereocenters. The van der Waals surface area contributed by atoms with Crippen LogP contribution in [0.4, 0.5) is 5.69 Å². The standard InChI is InChI=1S/C26H24N8O/c1-14(2)26(35)30-18-7-17(10-28-11-18)16-5-6-21-19(8-16)24(34-33-21)25-31-22-13-29-12-20(23(22)32-25)15(3)9-27-4/h5-14H,3H2,1-2,4H3,(H,30,35)(H,31,32)(H,33,34)/b27-9-. The van der Waals surface area contributed by atoms with Gasteiger partial charge in [-0.25, -0.2) is 4.98 Å². The number of rotatable bonds is 6. The number of hydrogen-bond donors (Lipinski definition) is 3. The fourth-order valence-electron chi connectivity index (χ4n) is 3.83. The molecule has 0 aliphatic rings. The Morgan fingerprint density at radius 1 is 1.09 bits per heavy atom. The molecular formula is C26H24N8O. The second-order valence-electron chi connectivity index (χ2n) is 8.52. The van der Waals surface area contributed by atoms with Gasteiger partial charge in [-0.1, -0.05) is 26.5 Å². The van der Waals surface area contributed by atoms with E-state index in [-0.39, 0.29) is 11.8 Å². The van der Waals surface area contributed by atoms with E-state index in [0.29, 0.717) is 17.2 Å². The summed E-state index contributed by atoms with van der Waals surface area (Å²) in [6.07, 6.45) is 8.56. The third-order valence-corrected chi connectivity index (χ3v) is 5.68. The molecule has 4 heterocycles. The van der Waals surface area contributed by atoms with Crippen LogP contribution in [0, 0.1) is 5.92 Å². The number of imidazole rings is 1. The smallest absolute Gasteiger partial charge is 0.226 e. The van der Waals surface area contributed by atoms with Gasteiger partial charge in [-0.15, -0.1) is 0 Å². The van der Waals surface area contributed by atoms with E-state index in [0.717, 1.165) is 44.2 Å². The Morgan fingerprint density at radius 3 is 2.71 bits per heavy atom. The Bertz CT molecular complexity index is 1610. The second-order valence-corrected chi connectivity index (χ2v) is 8.52. The van der Waals surface area contributed by atoms with Crippen molar-refractivity contribution in [3.8, 4) is 22.6 Å². The molecule has 0 fully saturated rings. The summed E-state index contributed by atoms with van der Waals surface area (Å²) >= 11 is 0. The van der Waals surface area contributed by atoms with Crippen molar-refractivity contribution in [2.24, 2.45) is 10.9 Å². The van der Waals surface area contributed by atoms with Crippen molar-refractivity contribution in [2.45, 2.75) is 13.8 Å². The average molecular weight is 465 g/mol. The van der Waals surface area contributed by atoms with Crippen LogP contribution in [-0.4, -0.2) is 49.3 Å². The molecule has 0 bridgehead atoms. The number of nitrogens with zero attached hydrogens (tertiary/aromatic N) is 5. The van der Waals surface area contributed by atoms with Crippen molar-refractivity contribution in [3.05, 3.63) is 61.2 Å². The van der Waals surface area contributed by atoms with E-state index in [1.807, 2.05) is 38.1 Å². The molecule has 4 aromatic heterocycles. The number of aromatic nitrogens is 6. The fourth-order valence-corrected chi connectivity index (χ4v) is 3.83. The summed E-state index contributed by atoms with van der Waals surface area (Å²) in [6.45, 7) is 7.77. The zero-order chi connectivity index (χ0) is 24.5. The molecule has 5 rings (SSSR count). The second kappa shape index (κ2) is 8.94. The number of H-pyrrole nitrogens is 2. The molecular weight excluding hydrogens is 440 g/mol. The van der Waals surface area contributed by atoms with Crippen LogP contribution < -0.4 is 5.32 Å². The maximum absolute atomic E-state index is 12.1. The van der Waals surface area contributed by atoms with Crippen molar-refractivity contribution in [3.63, 3.8) is 0 Å². The number of benzene rings is 1. The Kier molecular flexibility index (Phi) is 5.66. The van der Waals surface area contributed by atoms with Crippen molar-refractivity contribution >= 4 is 45.3 Å². The molecule has 9 nitrogen and oxygen atoms in total. The van der Waals surface area contributed by atoms with E-state index >= 15 is 0 Å². The lowest BCUT2D eigenvalue weighted by molar-refractivity contribution is -0.118. The van der Waals surface area contributed by atoms with Gasteiger partial charge in [0.25, 0.3) is 0 Å². The number of nitrogens with one attached hydrogen (secondary N) is 3. The lowest BCUT2D eigenvalue weighted by Gasteiger charge is -2.09. The van der Waals surface area contributed by atoms with Crippen LogP contribution in [0.2, 0.25) is 0 Å². The fraction of sp³-hybridized carbons (Fsp3) is 0.154. The van der Waals surface area contributed by atoms with E-state index in [4.69, 9.17) is 4.98 Å². The molecule has 5 aromatic rings. The average Bonchev–Trinajstić information content (AvgIpc) is 3.47. The van der Waals surface area contributed by atoms with E-state index in [9.17, 15) is 4.79 Å². The van der Waals surface area contributed by atoms with Crippen molar-refractivity contribution in [2.75, 3.05) is 12.4 Å². The molecule has 0 radical (unpaired) electrons. The molecule has 35 heavy (non-hydrogen) atoms. The minimum Gasteiger partial charge on any atom is -0.335 e. The Labute approximate surface area is 201 Å².